The first kappa shape index (κ1) is 17.1. The van der Waals surface area contributed by atoms with Crippen LogP contribution in [0.4, 0.5) is 0 Å². The molecule has 4 heteroatoms. The van der Waals surface area contributed by atoms with Crippen LogP contribution < -0.4 is 5.32 Å². The first-order chi connectivity index (χ1) is 11.7. The molecule has 0 saturated carbocycles. The Kier molecular flexibility index (Phi) is 5.96. The quantitative estimate of drug-likeness (QED) is 0.857. The molecule has 1 aromatic heterocycles. The van der Waals surface area contributed by atoms with Crippen LogP contribution in [-0.2, 0) is 6.54 Å². The summed E-state index contributed by atoms with van der Waals surface area (Å²) in [4.78, 5) is 6.56. The fourth-order valence-electron chi connectivity index (χ4n) is 3.23. The van der Waals surface area contributed by atoms with Crippen molar-refractivity contribution in [2.75, 3.05) is 19.6 Å². The summed E-state index contributed by atoms with van der Waals surface area (Å²) in [6.45, 7) is 5.88. The van der Waals surface area contributed by atoms with Crippen LogP contribution in [0.5, 0.6) is 0 Å². The number of aryl methyl sites for hydroxylation is 1. The predicted molar refractivity (Wildman–Crippen MR) is 96.7 cm³/mol. The molecule has 1 aliphatic rings. The average Bonchev–Trinajstić information content (AvgIpc) is 2.62. The maximum absolute atomic E-state index is 10.3. The van der Waals surface area contributed by atoms with E-state index in [9.17, 15) is 5.11 Å². The normalized spacial score (nSPS) is 17.8. The fourth-order valence-corrected chi connectivity index (χ4v) is 3.23. The Labute approximate surface area is 144 Å². The van der Waals surface area contributed by atoms with Crippen molar-refractivity contribution in [1.29, 1.82) is 0 Å². The van der Waals surface area contributed by atoms with Gasteiger partial charge in [-0.25, -0.2) is 0 Å². The molecular weight excluding hydrogens is 298 g/mol. The highest BCUT2D eigenvalue weighted by atomic mass is 16.3. The third-order valence-electron chi connectivity index (χ3n) is 4.81. The van der Waals surface area contributed by atoms with Crippen molar-refractivity contribution in [3.8, 4) is 0 Å². The molecule has 1 atom stereocenters. The van der Waals surface area contributed by atoms with E-state index in [0.29, 0.717) is 12.6 Å². The minimum atomic E-state index is -0.430. The number of likely N-dealkylation sites (tertiary alicyclic amines) is 1. The van der Waals surface area contributed by atoms with Gasteiger partial charge < -0.3 is 10.4 Å². The summed E-state index contributed by atoms with van der Waals surface area (Å²) < 4.78 is 0. The molecule has 1 aliphatic heterocycles. The maximum Gasteiger partial charge on any atom is 0.0914 e. The molecule has 0 bridgehead atoms. The summed E-state index contributed by atoms with van der Waals surface area (Å²) in [7, 11) is 0. The zero-order valence-corrected chi connectivity index (χ0v) is 14.4. The Morgan fingerprint density at radius 3 is 2.46 bits per heavy atom. The van der Waals surface area contributed by atoms with E-state index >= 15 is 0 Å². The van der Waals surface area contributed by atoms with Crippen LogP contribution >= 0.6 is 0 Å². The van der Waals surface area contributed by atoms with Crippen LogP contribution in [0.1, 0.15) is 35.6 Å². The van der Waals surface area contributed by atoms with Crippen LogP contribution in [0, 0.1) is 6.92 Å². The van der Waals surface area contributed by atoms with Crippen molar-refractivity contribution in [2.45, 2.75) is 38.5 Å². The van der Waals surface area contributed by atoms with Crippen molar-refractivity contribution in [3.63, 3.8) is 0 Å². The van der Waals surface area contributed by atoms with Crippen LogP contribution in [0.2, 0.25) is 0 Å². The van der Waals surface area contributed by atoms with Gasteiger partial charge in [0.05, 0.1) is 6.10 Å². The Bertz CT molecular complexity index is 607. The number of piperidine rings is 1. The van der Waals surface area contributed by atoms with Crippen molar-refractivity contribution < 1.29 is 5.11 Å². The molecule has 24 heavy (non-hydrogen) atoms. The van der Waals surface area contributed by atoms with Gasteiger partial charge in [-0.15, -0.1) is 0 Å². The van der Waals surface area contributed by atoms with Crippen LogP contribution in [0.15, 0.2) is 48.8 Å². The van der Waals surface area contributed by atoms with E-state index in [0.717, 1.165) is 38.0 Å². The molecule has 1 aromatic carbocycles. The van der Waals surface area contributed by atoms with E-state index in [2.05, 4.69) is 46.4 Å². The lowest BCUT2D eigenvalue weighted by Crippen LogP contribution is -2.43. The molecule has 0 amide bonds. The van der Waals surface area contributed by atoms with E-state index in [4.69, 9.17) is 0 Å². The smallest absolute Gasteiger partial charge is 0.0914 e. The highest BCUT2D eigenvalue weighted by molar-refractivity contribution is 5.23. The minimum Gasteiger partial charge on any atom is -0.387 e. The van der Waals surface area contributed by atoms with Gasteiger partial charge in [0.15, 0.2) is 0 Å². The summed E-state index contributed by atoms with van der Waals surface area (Å²) in [5, 5.41) is 13.8. The first-order valence-corrected chi connectivity index (χ1v) is 8.80. The number of rotatable bonds is 6. The summed E-state index contributed by atoms with van der Waals surface area (Å²) in [6, 6.07) is 12.8. The lowest BCUT2D eigenvalue weighted by molar-refractivity contribution is 0.149. The van der Waals surface area contributed by atoms with Crippen molar-refractivity contribution >= 4 is 0 Å². The van der Waals surface area contributed by atoms with Gasteiger partial charge in [0.1, 0.15) is 0 Å². The average molecular weight is 325 g/mol. The second-order valence-electron chi connectivity index (χ2n) is 6.74. The molecule has 0 radical (unpaired) electrons. The fraction of sp³-hybridized carbons (Fsp3) is 0.450. The first-order valence-electron chi connectivity index (χ1n) is 8.80. The van der Waals surface area contributed by atoms with E-state index < -0.39 is 6.10 Å². The van der Waals surface area contributed by atoms with Crippen molar-refractivity contribution in [1.82, 2.24) is 15.2 Å². The number of hydrogen-bond donors (Lipinski definition) is 2. The van der Waals surface area contributed by atoms with E-state index in [1.807, 2.05) is 24.5 Å². The highest BCUT2D eigenvalue weighted by Crippen LogP contribution is 2.16. The summed E-state index contributed by atoms with van der Waals surface area (Å²) in [6.07, 6.45) is 5.55. The Morgan fingerprint density at radius 2 is 1.79 bits per heavy atom. The zero-order valence-electron chi connectivity index (χ0n) is 14.4. The number of aromatic nitrogens is 1. The Hall–Kier alpha value is -1.75. The maximum atomic E-state index is 10.3. The van der Waals surface area contributed by atoms with E-state index in [-0.39, 0.29) is 0 Å². The van der Waals surface area contributed by atoms with Gasteiger partial charge in [-0.05, 0) is 56.1 Å². The van der Waals surface area contributed by atoms with Gasteiger partial charge in [-0.3, -0.25) is 9.88 Å². The van der Waals surface area contributed by atoms with E-state index in [1.165, 1.54) is 11.1 Å². The van der Waals surface area contributed by atoms with E-state index in [1.54, 1.807) is 0 Å². The molecular formula is C20H27N3O. The molecule has 2 aromatic rings. The number of aliphatic hydroxyl groups is 1. The third kappa shape index (κ3) is 4.87. The van der Waals surface area contributed by atoms with Gasteiger partial charge in [-0.2, -0.15) is 0 Å². The number of pyridine rings is 1. The second-order valence-corrected chi connectivity index (χ2v) is 6.74. The number of hydrogen-bond acceptors (Lipinski definition) is 4. The largest absolute Gasteiger partial charge is 0.387 e. The molecule has 2 N–H and O–H groups in total. The molecule has 0 aliphatic carbocycles. The van der Waals surface area contributed by atoms with Gasteiger partial charge in [-0.1, -0.05) is 29.8 Å². The lowest BCUT2D eigenvalue weighted by Gasteiger charge is -2.33. The molecule has 3 rings (SSSR count). The molecule has 1 unspecified atom stereocenters. The number of benzene rings is 1. The summed E-state index contributed by atoms with van der Waals surface area (Å²) in [5.74, 6) is 0. The molecule has 2 heterocycles. The van der Waals surface area contributed by atoms with Gasteiger partial charge >= 0.3 is 0 Å². The molecule has 128 valence electrons. The molecule has 0 spiro atoms. The SMILES string of the molecule is Cc1ccc(C(O)CNC2CCN(Cc3ccncc3)CC2)cc1. The minimum absolute atomic E-state index is 0.430. The standard InChI is InChI=1S/C20H27N3O/c1-16-2-4-18(5-3-16)20(24)14-22-19-8-12-23(13-9-19)15-17-6-10-21-11-7-17/h2-7,10-11,19-20,22,24H,8-9,12-15H2,1H3. The van der Waals surface area contributed by atoms with Crippen LogP contribution in [-0.4, -0.2) is 40.7 Å². The number of nitrogens with zero attached hydrogens (tertiary/aromatic N) is 2. The van der Waals surface area contributed by atoms with Crippen molar-refractivity contribution in [2.24, 2.45) is 0 Å². The molecule has 1 fully saturated rings. The third-order valence-corrected chi connectivity index (χ3v) is 4.81. The Balaban J connectivity index is 1.40. The topological polar surface area (TPSA) is 48.4 Å². The Morgan fingerprint density at radius 1 is 1.12 bits per heavy atom. The zero-order chi connectivity index (χ0) is 16.8. The number of nitrogens with one attached hydrogen (secondary N) is 1. The molecule has 4 nitrogen and oxygen atoms in total. The summed E-state index contributed by atoms with van der Waals surface area (Å²) >= 11 is 0. The summed E-state index contributed by atoms with van der Waals surface area (Å²) in [5.41, 5.74) is 3.54. The van der Waals surface area contributed by atoms with Crippen molar-refractivity contribution in [3.05, 3.63) is 65.5 Å². The predicted octanol–water partition coefficient (Wildman–Crippen LogP) is 2.68. The van der Waals surface area contributed by atoms with Gasteiger partial charge in [0, 0.05) is 31.5 Å². The highest BCUT2D eigenvalue weighted by Gasteiger charge is 2.19. The lowest BCUT2D eigenvalue weighted by atomic mass is 10.0. The monoisotopic (exact) mass is 325 g/mol. The molecule has 1 saturated heterocycles. The van der Waals surface area contributed by atoms with Gasteiger partial charge in [0.2, 0.25) is 0 Å². The second kappa shape index (κ2) is 8.38. The van der Waals surface area contributed by atoms with Crippen LogP contribution in [0.25, 0.3) is 0 Å². The van der Waals surface area contributed by atoms with Crippen LogP contribution in [0.3, 0.4) is 0 Å². The number of aliphatic hydroxyl groups excluding tert-OH is 1. The van der Waals surface area contributed by atoms with Gasteiger partial charge in [0.25, 0.3) is 0 Å².